The highest BCUT2D eigenvalue weighted by Crippen LogP contribution is 2.36. The first kappa shape index (κ1) is 33.3. The number of esters is 1. The summed E-state index contributed by atoms with van der Waals surface area (Å²) >= 11 is 0. The Bertz CT molecular complexity index is 877. The molecule has 37 heavy (non-hydrogen) atoms. The molecule has 1 aliphatic rings. The number of hydrogen-bond donors (Lipinski definition) is 3. The van der Waals surface area contributed by atoms with Crippen LogP contribution in [0.25, 0.3) is 0 Å². The van der Waals surface area contributed by atoms with Gasteiger partial charge in [-0.1, -0.05) is 50.5 Å². The molecule has 0 heterocycles. The van der Waals surface area contributed by atoms with Crippen molar-refractivity contribution in [3.63, 3.8) is 0 Å². The van der Waals surface area contributed by atoms with Crippen molar-refractivity contribution in [2.45, 2.75) is 104 Å². The topological polar surface area (TPSA) is 141 Å². The van der Waals surface area contributed by atoms with Crippen LogP contribution >= 0.6 is 0 Å². The number of nitrogens with zero attached hydrogens (tertiary/aromatic N) is 1. The number of sulfonamides is 1. The molecular formula is C27H47NO8S. The van der Waals surface area contributed by atoms with E-state index in [0.717, 1.165) is 25.5 Å². The maximum Gasteiger partial charge on any atom is 0.312 e. The Labute approximate surface area is 222 Å². The fraction of sp³-hybridized carbons (Fsp3) is 0.778. The molecule has 0 unspecified atom stereocenters. The van der Waals surface area contributed by atoms with Crippen LogP contribution in [0.5, 0.6) is 0 Å². The van der Waals surface area contributed by atoms with E-state index >= 15 is 0 Å². The van der Waals surface area contributed by atoms with E-state index in [-0.39, 0.29) is 24.7 Å². The molecule has 0 aromatic heterocycles. The summed E-state index contributed by atoms with van der Waals surface area (Å²) in [4.78, 5) is 24.4. The van der Waals surface area contributed by atoms with Crippen LogP contribution in [0.4, 0.5) is 0 Å². The van der Waals surface area contributed by atoms with Crippen LogP contribution in [-0.4, -0.2) is 71.2 Å². The zero-order valence-electron chi connectivity index (χ0n) is 23.0. The number of aliphatic hydroxyl groups excluding tert-OH is 3. The minimum Gasteiger partial charge on any atom is -0.443 e. The summed E-state index contributed by atoms with van der Waals surface area (Å²) in [5.74, 6) is -1.67. The van der Waals surface area contributed by atoms with Crippen LogP contribution in [0, 0.1) is 17.3 Å². The highest BCUT2D eigenvalue weighted by Gasteiger charge is 2.39. The van der Waals surface area contributed by atoms with Crippen LogP contribution in [0.1, 0.15) is 85.5 Å². The van der Waals surface area contributed by atoms with Crippen LogP contribution in [0.3, 0.4) is 0 Å². The number of unbranched alkanes of at least 4 members (excludes halogenated alkanes) is 3. The van der Waals surface area contributed by atoms with E-state index < -0.39 is 52.4 Å². The molecule has 0 radical (unpaired) electrons. The lowest BCUT2D eigenvalue weighted by Gasteiger charge is -2.23. The van der Waals surface area contributed by atoms with E-state index in [1.807, 2.05) is 18.2 Å². The molecular weight excluding hydrogens is 498 g/mol. The van der Waals surface area contributed by atoms with Crippen LogP contribution in [-0.2, 0) is 24.3 Å². The molecule has 214 valence electrons. The van der Waals surface area contributed by atoms with E-state index in [2.05, 4.69) is 6.92 Å². The smallest absolute Gasteiger partial charge is 0.312 e. The standard InChI is InChI=1S/C27H47NO8S/c1-6-7-10-13-20(29)16-17-22-21(23(30)18-24(22)31)14-11-8-9-12-15-25(32)28(37(5,34)35)19-36-26(33)27(2,3)4/h8,11,16-17,20-24,29-31H,6-7,9-10,12-15,18-19H2,1-5H3/b11-8-,17-16+/t20-,21+,22+,23-,24+/m0/s1. The summed E-state index contributed by atoms with van der Waals surface area (Å²) in [6.45, 7) is 6.36. The van der Waals surface area contributed by atoms with Gasteiger partial charge >= 0.3 is 5.97 Å². The molecule has 1 fully saturated rings. The first-order chi connectivity index (χ1) is 17.2. The molecule has 9 nitrogen and oxygen atoms in total. The van der Waals surface area contributed by atoms with Crippen LogP contribution < -0.4 is 0 Å². The molecule has 0 saturated heterocycles. The van der Waals surface area contributed by atoms with E-state index in [1.165, 1.54) is 0 Å². The van der Waals surface area contributed by atoms with Crippen molar-refractivity contribution < 1.29 is 38.1 Å². The molecule has 0 aromatic carbocycles. The second kappa shape index (κ2) is 15.6. The van der Waals surface area contributed by atoms with Gasteiger partial charge < -0.3 is 20.1 Å². The third kappa shape index (κ3) is 12.1. The highest BCUT2D eigenvalue weighted by atomic mass is 32.2. The van der Waals surface area contributed by atoms with E-state index in [9.17, 15) is 33.3 Å². The van der Waals surface area contributed by atoms with E-state index in [4.69, 9.17) is 4.74 Å². The Kier molecular flexibility index (Phi) is 14.0. The van der Waals surface area contributed by atoms with Gasteiger partial charge in [-0.25, -0.2) is 12.7 Å². The van der Waals surface area contributed by atoms with Crippen molar-refractivity contribution in [3.05, 3.63) is 24.3 Å². The van der Waals surface area contributed by atoms with Gasteiger partial charge in [-0.15, -0.1) is 0 Å². The quantitative estimate of drug-likeness (QED) is 0.123. The fourth-order valence-electron chi connectivity index (χ4n) is 4.22. The second-order valence-electron chi connectivity index (χ2n) is 11.0. The molecule has 10 heteroatoms. The van der Waals surface area contributed by atoms with Gasteiger partial charge in [0.2, 0.25) is 15.9 Å². The number of ether oxygens (including phenoxy) is 1. The van der Waals surface area contributed by atoms with Gasteiger partial charge in [-0.3, -0.25) is 9.59 Å². The van der Waals surface area contributed by atoms with Gasteiger partial charge in [0.15, 0.2) is 6.73 Å². The average molecular weight is 546 g/mol. The van der Waals surface area contributed by atoms with E-state index in [0.29, 0.717) is 30.0 Å². The predicted molar refractivity (Wildman–Crippen MR) is 143 cm³/mol. The zero-order chi connectivity index (χ0) is 28.2. The highest BCUT2D eigenvalue weighted by molar-refractivity contribution is 7.88. The lowest BCUT2D eigenvalue weighted by molar-refractivity contribution is -0.157. The summed E-state index contributed by atoms with van der Waals surface area (Å²) in [6, 6.07) is 0. The Morgan fingerprint density at radius 3 is 2.38 bits per heavy atom. The zero-order valence-corrected chi connectivity index (χ0v) is 23.8. The number of carbonyl (C=O) groups is 2. The molecule has 5 atom stereocenters. The first-order valence-electron chi connectivity index (χ1n) is 13.2. The van der Waals surface area contributed by atoms with Gasteiger partial charge in [0, 0.05) is 18.8 Å². The molecule has 0 aliphatic heterocycles. The summed E-state index contributed by atoms with van der Waals surface area (Å²) in [6.07, 6.45) is 11.8. The summed E-state index contributed by atoms with van der Waals surface area (Å²) in [5, 5.41) is 30.9. The lowest BCUT2D eigenvalue weighted by atomic mass is 9.89. The minimum absolute atomic E-state index is 0.0312. The Morgan fingerprint density at radius 2 is 1.78 bits per heavy atom. The largest absolute Gasteiger partial charge is 0.443 e. The third-order valence-electron chi connectivity index (χ3n) is 6.51. The monoisotopic (exact) mass is 545 g/mol. The molecule has 1 amide bonds. The number of carbonyl (C=O) groups excluding carboxylic acids is 2. The number of allylic oxidation sites excluding steroid dienone is 2. The Balaban J connectivity index is 2.56. The second-order valence-corrected chi connectivity index (χ2v) is 12.9. The van der Waals surface area contributed by atoms with Crippen molar-refractivity contribution in [1.82, 2.24) is 4.31 Å². The van der Waals surface area contributed by atoms with Crippen LogP contribution in [0.2, 0.25) is 0 Å². The van der Waals surface area contributed by atoms with Crippen molar-refractivity contribution in [1.29, 1.82) is 0 Å². The number of amides is 1. The van der Waals surface area contributed by atoms with Gasteiger partial charge in [0.25, 0.3) is 0 Å². The average Bonchev–Trinajstić information content (AvgIpc) is 3.05. The minimum atomic E-state index is -3.89. The molecule has 1 aliphatic carbocycles. The number of aliphatic hydroxyl groups is 3. The van der Waals surface area contributed by atoms with E-state index in [1.54, 1.807) is 26.8 Å². The Morgan fingerprint density at radius 1 is 1.11 bits per heavy atom. The maximum atomic E-state index is 12.5. The molecule has 1 rings (SSSR count). The fourth-order valence-corrected chi connectivity index (χ4v) is 4.92. The normalized spacial score (nSPS) is 23.6. The molecule has 0 spiro atoms. The Hall–Kier alpha value is -1.75. The molecule has 3 N–H and O–H groups in total. The van der Waals surface area contributed by atoms with Crippen molar-refractivity contribution >= 4 is 21.9 Å². The van der Waals surface area contributed by atoms with Crippen molar-refractivity contribution in [3.8, 4) is 0 Å². The summed E-state index contributed by atoms with van der Waals surface area (Å²) in [5.41, 5.74) is -0.816. The maximum absolute atomic E-state index is 12.5. The van der Waals surface area contributed by atoms with Gasteiger partial charge in [0.05, 0.1) is 30.0 Å². The third-order valence-corrected chi connectivity index (χ3v) is 7.62. The first-order valence-corrected chi connectivity index (χ1v) is 15.1. The van der Waals surface area contributed by atoms with Gasteiger partial charge in [0.1, 0.15) is 0 Å². The van der Waals surface area contributed by atoms with Gasteiger partial charge in [-0.2, -0.15) is 0 Å². The van der Waals surface area contributed by atoms with Crippen molar-refractivity contribution in [2.24, 2.45) is 17.3 Å². The van der Waals surface area contributed by atoms with Crippen LogP contribution in [0.15, 0.2) is 24.3 Å². The number of rotatable bonds is 15. The summed E-state index contributed by atoms with van der Waals surface area (Å²) < 4.78 is 29.6. The molecule has 0 aromatic rings. The van der Waals surface area contributed by atoms with Crippen molar-refractivity contribution in [2.75, 3.05) is 13.0 Å². The number of hydrogen-bond acceptors (Lipinski definition) is 8. The SMILES string of the molecule is CCCCC[C@H](O)/C=C/[C@@H]1[C@@H](C/C=C\CCCC(=O)N(COC(=O)C(C)(C)C)S(C)(=O)=O)[C@@H](O)C[C@H]1O. The lowest BCUT2D eigenvalue weighted by Crippen LogP contribution is -2.39. The predicted octanol–water partition coefficient (Wildman–Crippen LogP) is 3.29. The molecule has 0 bridgehead atoms. The summed E-state index contributed by atoms with van der Waals surface area (Å²) in [7, 11) is -3.89. The van der Waals surface area contributed by atoms with Gasteiger partial charge in [-0.05, 0) is 52.4 Å². The molecule has 1 saturated carbocycles.